The smallest absolute Gasteiger partial charge is 0.279 e. The molecule has 1 N–H and O–H groups in total. The predicted molar refractivity (Wildman–Crippen MR) is 165 cm³/mol. The molecule has 7 nitrogen and oxygen atoms in total. The van der Waals surface area contributed by atoms with Gasteiger partial charge in [0.25, 0.3) is 10.0 Å². The summed E-state index contributed by atoms with van der Waals surface area (Å²) < 4.78 is 35.4. The van der Waals surface area contributed by atoms with Crippen molar-refractivity contribution in [2.75, 3.05) is 6.61 Å². The Balaban J connectivity index is 0.00000274. The van der Waals surface area contributed by atoms with Crippen molar-refractivity contribution in [3.8, 4) is 11.8 Å². The fourth-order valence-electron chi connectivity index (χ4n) is 3.66. The van der Waals surface area contributed by atoms with Gasteiger partial charge in [-0.25, -0.2) is 9.98 Å². The second-order valence-electron chi connectivity index (χ2n) is 9.16. The van der Waals surface area contributed by atoms with Crippen molar-refractivity contribution in [1.82, 2.24) is 14.7 Å². The summed E-state index contributed by atoms with van der Waals surface area (Å²) in [5.74, 6) is 6.25. The third kappa shape index (κ3) is 9.06. The molecule has 2 heterocycles. The van der Waals surface area contributed by atoms with Gasteiger partial charge < -0.3 is 4.74 Å². The van der Waals surface area contributed by atoms with Gasteiger partial charge in [-0.15, -0.1) is 5.92 Å². The molecule has 0 fully saturated rings. The average Bonchev–Trinajstić information content (AvgIpc) is 2.95. The quantitative estimate of drug-likeness (QED) is 0.171. The number of rotatable bonds is 9. The van der Waals surface area contributed by atoms with Gasteiger partial charge in [-0.05, 0) is 68.5 Å². The van der Waals surface area contributed by atoms with Crippen LogP contribution in [0, 0.1) is 18.8 Å². The first-order valence-corrected chi connectivity index (χ1v) is 14.9. The van der Waals surface area contributed by atoms with Crippen LogP contribution in [0.2, 0.25) is 0 Å². The molecule has 1 atom stereocenters. The van der Waals surface area contributed by atoms with Crippen LogP contribution in [0.5, 0.6) is 0 Å². The summed E-state index contributed by atoms with van der Waals surface area (Å²) in [7, 11) is -3.97. The van der Waals surface area contributed by atoms with E-state index < -0.39 is 10.0 Å². The van der Waals surface area contributed by atoms with Gasteiger partial charge in [0.2, 0.25) is 5.90 Å². The number of hydrogen-bond acceptors (Lipinski definition) is 6. The molecule has 1 unspecified atom stereocenters. The zero-order valence-corrected chi connectivity index (χ0v) is 25.5. The van der Waals surface area contributed by atoms with Crippen LogP contribution in [0.4, 0.5) is 0 Å². The normalized spacial score (nSPS) is 12.8. The Labute approximate surface area is 241 Å². The molecule has 3 rings (SSSR count). The van der Waals surface area contributed by atoms with Crippen LogP contribution in [0.3, 0.4) is 0 Å². The third-order valence-electron chi connectivity index (χ3n) is 5.88. The third-order valence-corrected chi connectivity index (χ3v) is 7.24. The molecule has 8 heteroatoms. The van der Waals surface area contributed by atoms with E-state index in [1.54, 1.807) is 38.5 Å². The minimum Gasteiger partial charge on any atom is -0.464 e. The SMILES string of the molecule is CC.CC#CCOC(=NC(C)c1ccncc1)/C(=C(\C)NS(=O)(=O)c1ccc(C(C)C)cn1)c1ccc(C)cc1.[HH]. The first-order valence-electron chi connectivity index (χ1n) is 13.4. The number of nitrogens with zero attached hydrogens (tertiary/aromatic N) is 3. The molecule has 0 saturated carbocycles. The van der Waals surface area contributed by atoms with Crippen molar-refractivity contribution in [3.63, 3.8) is 0 Å². The molecule has 0 aliphatic carbocycles. The predicted octanol–water partition coefficient (Wildman–Crippen LogP) is 7.09. The number of nitrogens with one attached hydrogen (secondary N) is 1. The van der Waals surface area contributed by atoms with Gasteiger partial charge in [0, 0.05) is 25.7 Å². The number of aliphatic imine (C=N–C) groups is 1. The Hall–Kier alpha value is -3.96. The first-order chi connectivity index (χ1) is 19.1. The maximum absolute atomic E-state index is 13.3. The van der Waals surface area contributed by atoms with Gasteiger partial charge >= 0.3 is 0 Å². The zero-order valence-electron chi connectivity index (χ0n) is 24.7. The first kappa shape index (κ1) is 32.3. The lowest BCUT2D eigenvalue weighted by atomic mass is 10.0. The Bertz CT molecular complexity index is 1460. The maximum Gasteiger partial charge on any atom is 0.279 e. The summed E-state index contributed by atoms with van der Waals surface area (Å²) in [6.45, 7) is 15.5. The molecule has 1 aromatic carbocycles. The number of aryl methyl sites for hydroxylation is 1. The second-order valence-corrected chi connectivity index (χ2v) is 10.8. The van der Waals surface area contributed by atoms with E-state index in [0.717, 1.165) is 22.3 Å². The standard InChI is InChI=1S/C30H34N4O3S.C2H6.H2/c1-7-8-19-37-30(33-23(5)25-15-17-31-18-16-25)29(26-11-9-22(4)10-12-26)24(6)34-38(35,36)28-14-13-27(20-32-28)21(2)3;1-2;/h9-18,20-21,23,34H,19H2,1-6H3;1-2H3;1H/b29-24+,33-30?;;. The highest BCUT2D eigenvalue weighted by Gasteiger charge is 2.22. The van der Waals surface area contributed by atoms with Crippen molar-refractivity contribution in [3.05, 3.63) is 95.1 Å². The van der Waals surface area contributed by atoms with E-state index in [2.05, 4.69) is 26.5 Å². The fraction of sp³-hybridized carbons (Fsp3) is 0.344. The number of aromatic nitrogens is 2. The molecule has 0 bridgehead atoms. The van der Waals surface area contributed by atoms with Gasteiger partial charge in [0.15, 0.2) is 11.6 Å². The van der Waals surface area contributed by atoms with Crippen LogP contribution >= 0.6 is 0 Å². The summed E-state index contributed by atoms with van der Waals surface area (Å²) in [6.07, 6.45) is 5.01. The van der Waals surface area contributed by atoms with Crippen molar-refractivity contribution >= 4 is 21.5 Å². The van der Waals surface area contributed by atoms with E-state index in [-0.39, 0.29) is 30.9 Å². The zero-order chi connectivity index (χ0) is 29.7. The topological polar surface area (TPSA) is 93.5 Å². The van der Waals surface area contributed by atoms with Gasteiger partial charge in [-0.3, -0.25) is 9.71 Å². The summed E-state index contributed by atoms with van der Waals surface area (Å²) >= 11 is 0. The number of ether oxygens (including phenoxy) is 1. The van der Waals surface area contributed by atoms with Gasteiger partial charge in [-0.1, -0.05) is 69.5 Å². The molecule has 0 radical (unpaired) electrons. The average molecular weight is 563 g/mol. The lowest BCUT2D eigenvalue weighted by Crippen LogP contribution is -2.26. The maximum atomic E-state index is 13.3. The summed E-state index contributed by atoms with van der Waals surface area (Å²) in [5, 5.41) is -0.0640. The highest BCUT2D eigenvalue weighted by atomic mass is 32.2. The molecule has 0 aliphatic rings. The van der Waals surface area contributed by atoms with Crippen molar-refractivity contribution in [2.24, 2.45) is 4.99 Å². The van der Waals surface area contributed by atoms with E-state index in [4.69, 9.17) is 9.73 Å². The highest BCUT2D eigenvalue weighted by Crippen LogP contribution is 2.26. The number of hydrogen-bond donors (Lipinski definition) is 1. The van der Waals surface area contributed by atoms with E-state index in [1.165, 1.54) is 6.07 Å². The molecule has 0 aliphatic heterocycles. The number of sulfonamides is 1. The molecule has 0 spiro atoms. The van der Waals surface area contributed by atoms with Crippen molar-refractivity contribution < 1.29 is 14.6 Å². The van der Waals surface area contributed by atoms with Gasteiger partial charge in [0.1, 0.15) is 0 Å². The largest absolute Gasteiger partial charge is 0.464 e. The Kier molecular flexibility index (Phi) is 12.6. The summed E-state index contributed by atoms with van der Waals surface area (Å²) in [6, 6.07) is 14.5. The molecule has 2 aromatic heterocycles. The van der Waals surface area contributed by atoms with Crippen molar-refractivity contribution in [1.29, 1.82) is 0 Å². The molecular weight excluding hydrogens is 520 g/mol. The van der Waals surface area contributed by atoms with E-state index in [9.17, 15) is 8.42 Å². The van der Waals surface area contributed by atoms with E-state index >= 15 is 0 Å². The van der Waals surface area contributed by atoms with Crippen molar-refractivity contribution in [2.45, 2.75) is 72.4 Å². The van der Waals surface area contributed by atoms with Crippen LogP contribution in [-0.4, -0.2) is 30.9 Å². The molecule has 3 aromatic rings. The monoisotopic (exact) mass is 562 g/mol. The molecule has 0 amide bonds. The lowest BCUT2D eigenvalue weighted by Gasteiger charge is -2.19. The minimum absolute atomic E-state index is 0. The van der Waals surface area contributed by atoms with Gasteiger partial charge in [-0.2, -0.15) is 8.42 Å². The number of pyridine rings is 2. The fourth-order valence-corrected chi connectivity index (χ4v) is 4.71. The molecule has 40 heavy (non-hydrogen) atoms. The van der Waals surface area contributed by atoms with E-state index in [0.29, 0.717) is 11.3 Å². The van der Waals surface area contributed by atoms with Crippen LogP contribution in [0.1, 0.15) is 84.1 Å². The van der Waals surface area contributed by atoms with Crippen LogP contribution < -0.4 is 4.72 Å². The molecule has 214 valence electrons. The van der Waals surface area contributed by atoms with Gasteiger partial charge in [0.05, 0.1) is 11.6 Å². The second kappa shape index (κ2) is 15.6. The van der Waals surface area contributed by atoms with Crippen LogP contribution in [0.15, 0.2) is 82.8 Å². The van der Waals surface area contributed by atoms with E-state index in [1.807, 2.05) is 77.9 Å². The Morgan fingerprint density at radius 2 is 1.68 bits per heavy atom. The minimum atomic E-state index is -3.97. The number of allylic oxidation sites excluding steroid dienone is 1. The Morgan fingerprint density at radius 1 is 1.02 bits per heavy atom. The number of benzene rings is 1. The van der Waals surface area contributed by atoms with Crippen LogP contribution in [0.25, 0.3) is 5.57 Å². The lowest BCUT2D eigenvalue weighted by molar-refractivity contribution is 0.359. The summed E-state index contributed by atoms with van der Waals surface area (Å²) in [5.41, 5.74) is 4.60. The molecular formula is C32H42N4O3S. The molecule has 0 saturated heterocycles. The Morgan fingerprint density at radius 3 is 2.23 bits per heavy atom. The van der Waals surface area contributed by atoms with Crippen LogP contribution in [-0.2, 0) is 14.8 Å². The highest BCUT2D eigenvalue weighted by molar-refractivity contribution is 7.89. The summed E-state index contributed by atoms with van der Waals surface area (Å²) in [4.78, 5) is 13.1.